The van der Waals surface area contributed by atoms with E-state index in [2.05, 4.69) is 0 Å². The molecule has 0 N–H and O–H groups in total. The molecule has 0 aliphatic heterocycles. The van der Waals surface area contributed by atoms with Gasteiger partial charge in [-0.05, 0) is 0 Å². The zero-order valence-electron chi connectivity index (χ0n) is 6.41. The molecule has 0 unspecified atom stereocenters. The number of hydrogen-bond acceptors (Lipinski definition) is 4. The molecule has 0 aliphatic rings. The molecule has 0 atom stereocenters. The number of hydrogen-bond donors (Lipinski definition) is 0. The van der Waals surface area contributed by atoms with Crippen LogP contribution in [-0.2, 0) is 16.5 Å². The van der Waals surface area contributed by atoms with Gasteiger partial charge >= 0.3 is 0 Å². The number of nitriles is 4. The fourth-order valence-corrected chi connectivity index (χ4v) is 0.149. The molecule has 0 saturated heterocycles. The molecule has 4 nitrogen and oxygen atoms in total. The number of nitrogens with zero attached hydrogens (tertiary/aromatic N) is 4. The third kappa shape index (κ3) is 40.4. The third-order valence-corrected chi connectivity index (χ3v) is 0.465. The molecular weight excluding hydrogens is 211 g/mol. The van der Waals surface area contributed by atoms with Gasteiger partial charge in [0.1, 0.15) is 0 Å². The van der Waals surface area contributed by atoms with E-state index in [0.717, 1.165) is 24.3 Å². The van der Waals surface area contributed by atoms with Crippen LogP contribution in [0.1, 0.15) is 0 Å². The summed E-state index contributed by atoms with van der Waals surface area (Å²) in [5.41, 5.74) is 0. The van der Waals surface area contributed by atoms with Crippen LogP contribution in [0.5, 0.6) is 0 Å². The molecule has 0 bridgehead atoms. The van der Waals surface area contributed by atoms with Gasteiger partial charge in [-0.3, -0.25) is 0 Å². The molecule has 0 aliphatic carbocycles. The van der Waals surface area contributed by atoms with Crippen LogP contribution in [0.4, 0.5) is 0 Å². The summed E-state index contributed by atoms with van der Waals surface area (Å²) in [5, 5.41) is 30.8. The average Bonchev–Trinajstić information content (AvgIpc) is 2.12. The Labute approximate surface area is 86.5 Å². The maximum Gasteiger partial charge on any atom is 0.0919 e. The normalized spacial score (nSPS) is 6.46. The van der Waals surface area contributed by atoms with Gasteiger partial charge in [-0.2, -0.15) is 21.0 Å². The van der Waals surface area contributed by atoms with E-state index in [1.54, 1.807) is 24.3 Å². The quantitative estimate of drug-likeness (QED) is 0.447. The zero-order valence-corrected chi connectivity index (χ0v) is 7.40. The van der Waals surface area contributed by atoms with E-state index >= 15 is 0 Å². The molecule has 0 aromatic carbocycles. The van der Waals surface area contributed by atoms with E-state index in [-0.39, 0.29) is 16.5 Å². The summed E-state index contributed by atoms with van der Waals surface area (Å²) in [6.07, 6.45) is 4.50. The van der Waals surface area contributed by atoms with Gasteiger partial charge in [-0.1, -0.05) is 0 Å². The Morgan fingerprint density at radius 1 is 0.538 bits per heavy atom. The molecule has 0 rings (SSSR count). The predicted octanol–water partition coefficient (Wildman–Crippen LogP) is 1.18. The minimum absolute atomic E-state index is 0. The molecular formula is C8H4N4Ni. The van der Waals surface area contributed by atoms with Crippen LogP contribution in [0.25, 0.3) is 0 Å². The van der Waals surface area contributed by atoms with Crippen LogP contribution in [-0.4, -0.2) is 0 Å². The third-order valence-electron chi connectivity index (χ3n) is 0.465. The van der Waals surface area contributed by atoms with Crippen molar-refractivity contribution in [2.75, 3.05) is 0 Å². The Morgan fingerprint density at radius 2 is 0.692 bits per heavy atom. The summed E-state index contributed by atoms with van der Waals surface area (Å²) in [7, 11) is 0. The smallest absolute Gasteiger partial charge is 0.0919 e. The van der Waals surface area contributed by atoms with E-state index < -0.39 is 0 Å². The average molecular weight is 215 g/mol. The first-order valence-corrected chi connectivity index (χ1v) is 2.72. The molecule has 0 spiro atoms. The summed E-state index contributed by atoms with van der Waals surface area (Å²) in [5.74, 6) is 0. The molecule has 0 heterocycles. The first kappa shape index (κ1) is 17.1. The molecule has 0 aromatic heterocycles. The van der Waals surface area contributed by atoms with Gasteiger partial charge < -0.3 is 0 Å². The molecule has 0 saturated carbocycles. The van der Waals surface area contributed by atoms with E-state index in [1.807, 2.05) is 0 Å². The fraction of sp³-hybridized carbons (Fsp3) is 0. The largest absolute Gasteiger partial charge is 0.193 e. The van der Waals surface area contributed by atoms with Crippen LogP contribution in [0.3, 0.4) is 0 Å². The zero-order chi connectivity index (χ0) is 9.66. The Morgan fingerprint density at radius 3 is 0.769 bits per heavy atom. The molecule has 0 fully saturated rings. The SMILES string of the molecule is N#CC=CC#N.N#CC=CC#N.[Ni]. The molecule has 0 radical (unpaired) electrons. The second kappa shape index (κ2) is 22.5. The van der Waals surface area contributed by atoms with Crippen LogP contribution in [0, 0.1) is 45.3 Å². The number of rotatable bonds is 0. The summed E-state index contributed by atoms with van der Waals surface area (Å²) in [6.45, 7) is 0. The van der Waals surface area contributed by atoms with Gasteiger partial charge in [0.15, 0.2) is 0 Å². The van der Waals surface area contributed by atoms with Crippen LogP contribution in [0.15, 0.2) is 24.3 Å². The van der Waals surface area contributed by atoms with E-state index in [1.165, 1.54) is 0 Å². The first-order valence-electron chi connectivity index (χ1n) is 2.72. The van der Waals surface area contributed by atoms with Crippen molar-refractivity contribution in [1.82, 2.24) is 0 Å². The van der Waals surface area contributed by atoms with Crippen molar-refractivity contribution in [3.63, 3.8) is 0 Å². The maximum absolute atomic E-state index is 7.71. The Balaban J connectivity index is -0.000000143. The second-order valence-corrected chi connectivity index (χ2v) is 1.18. The Hall–Kier alpha value is -2.07. The molecule has 13 heavy (non-hydrogen) atoms. The molecule has 0 aromatic rings. The van der Waals surface area contributed by atoms with Crippen LogP contribution < -0.4 is 0 Å². The minimum Gasteiger partial charge on any atom is -0.193 e. The Bertz CT molecular complexity index is 250. The first-order chi connectivity index (χ1) is 5.83. The number of allylic oxidation sites excluding steroid dienone is 4. The van der Waals surface area contributed by atoms with Crippen molar-refractivity contribution < 1.29 is 16.5 Å². The van der Waals surface area contributed by atoms with Gasteiger partial charge in [0.05, 0.1) is 24.3 Å². The fourth-order valence-electron chi connectivity index (χ4n) is 0.149. The maximum atomic E-state index is 7.71. The van der Waals surface area contributed by atoms with Gasteiger partial charge in [0.2, 0.25) is 0 Å². The van der Waals surface area contributed by atoms with Crippen molar-refractivity contribution in [3.8, 4) is 24.3 Å². The summed E-state index contributed by atoms with van der Waals surface area (Å²) >= 11 is 0. The monoisotopic (exact) mass is 214 g/mol. The second-order valence-electron chi connectivity index (χ2n) is 1.18. The molecule has 0 amide bonds. The van der Waals surface area contributed by atoms with Crippen molar-refractivity contribution in [3.05, 3.63) is 24.3 Å². The topological polar surface area (TPSA) is 95.2 Å². The van der Waals surface area contributed by atoms with Crippen molar-refractivity contribution in [2.24, 2.45) is 0 Å². The van der Waals surface area contributed by atoms with Crippen molar-refractivity contribution in [1.29, 1.82) is 21.0 Å². The Kier molecular flexibility index (Phi) is 29.7. The predicted molar refractivity (Wildman–Crippen MR) is 40.7 cm³/mol. The van der Waals surface area contributed by atoms with Gasteiger partial charge in [0.25, 0.3) is 0 Å². The van der Waals surface area contributed by atoms with Gasteiger partial charge in [-0.15, -0.1) is 0 Å². The molecule has 66 valence electrons. The van der Waals surface area contributed by atoms with Crippen LogP contribution in [0.2, 0.25) is 0 Å². The van der Waals surface area contributed by atoms with E-state index in [9.17, 15) is 0 Å². The summed E-state index contributed by atoms with van der Waals surface area (Å²) in [6, 6.07) is 6.66. The van der Waals surface area contributed by atoms with Gasteiger partial charge in [-0.25, -0.2) is 0 Å². The van der Waals surface area contributed by atoms with E-state index in [0.29, 0.717) is 0 Å². The molecule has 5 heteroatoms. The van der Waals surface area contributed by atoms with E-state index in [4.69, 9.17) is 21.0 Å². The van der Waals surface area contributed by atoms with Crippen molar-refractivity contribution >= 4 is 0 Å². The van der Waals surface area contributed by atoms with Gasteiger partial charge in [0, 0.05) is 40.8 Å². The van der Waals surface area contributed by atoms with Crippen molar-refractivity contribution in [2.45, 2.75) is 0 Å². The standard InChI is InChI=1S/2C4H2N2.Ni/c2*5-3-1-2-4-6;/h2*1-2H;. The minimum atomic E-state index is 0. The summed E-state index contributed by atoms with van der Waals surface area (Å²) in [4.78, 5) is 0. The summed E-state index contributed by atoms with van der Waals surface area (Å²) < 4.78 is 0. The van der Waals surface area contributed by atoms with Crippen LogP contribution >= 0.6 is 0 Å².